The SMILES string of the molecule is CON1CCC(ON(C(=O)Cc2c(C)cc(C)cc2C)C2(C(=O)O)CCN(OC)CC2)CC1. The molecule has 2 heterocycles. The lowest BCUT2D eigenvalue weighted by molar-refractivity contribution is -0.273. The third-order valence-corrected chi connectivity index (χ3v) is 6.90. The molecule has 1 amide bonds. The smallest absolute Gasteiger partial charge is 0.332 e. The second-order valence-electron chi connectivity index (χ2n) is 9.11. The highest BCUT2D eigenvalue weighted by Crippen LogP contribution is 2.33. The van der Waals surface area contributed by atoms with Crippen molar-refractivity contribution in [2.45, 2.75) is 64.5 Å². The molecule has 2 saturated heterocycles. The molecule has 1 N–H and O–H groups in total. The van der Waals surface area contributed by atoms with Gasteiger partial charge in [-0.25, -0.2) is 9.86 Å². The highest BCUT2D eigenvalue weighted by molar-refractivity contribution is 5.87. The van der Waals surface area contributed by atoms with Gasteiger partial charge in [-0.15, -0.1) is 0 Å². The number of hydrogen-bond acceptors (Lipinski definition) is 7. The molecule has 184 valence electrons. The highest BCUT2D eigenvalue weighted by atomic mass is 16.7. The predicted molar refractivity (Wildman–Crippen MR) is 122 cm³/mol. The van der Waals surface area contributed by atoms with Crippen molar-refractivity contribution in [2.75, 3.05) is 40.4 Å². The van der Waals surface area contributed by atoms with Crippen LogP contribution >= 0.6 is 0 Å². The molecule has 2 aliphatic rings. The molecule has 33 heavy (non-hydrogen) atoms. The number of rotatable bonds is 8. The van der Waals surface area contributed by atoms with Gasteiger partial charge in [0.05, 0.1) is 26.7 Å². The van der Waals surface area contributed by atoms with Gasteiger partial charge >= 0.3 is 5.97 Å². The van der Waals surface area contributed by atoms with Gasteiger partial charge in [0.2, 0.25) is 0 Å². The van der Waals surface area contributed by atoms with Crippen molar-refractivity contribution in [3.8, 4) is 0 Å². The van der Waals surface area contributed by atoms with Crippen LogP contribution in [0.25, 0.3) is 0 Å². The lowest BCUT2D eigenvalue weighted by atomic mass is 9.87. The minimum atomic E-state index is -1.43. The normalized spacial score (nSPS) is 20.0. The lowest BCUT2D eigenvalue weighted by Crippen LogP contribution is -2.63. The quantitative estimate of drug-likeness (QED) is 0.588. The molecule has 9 heteroatoms. The molecule has 0 aliphatic carbocycles. The summed E-state index contributed by atoms with van der Waals surface area (Å²) >= 11 is 0. The van der Waals surface area contributed by atoms with E-state index >= 15 is 0 Å². The van der Waals surface area contributed by atoms with Crippen LogP contribution in [0.2, 0.25) is 0 Å². The Balaban J connectivity index is 1.89. The van der Waals surface area contributed by atoms with Crippen molar-refractivity contribution in [1.82, 2.24) is 15.2 Å². The number of benzene rings is 1. The molecule has 0 radical (unpaired) electrons. The maximum Gasteiger partial charge on any atom is 0.332 e. The Morgan fingerprint density at radius 1 is 1.00 bits per heavy atom. The molecular formula is C24H37N3O6. The van der Waals surface area contributed by atoms with E-state index in [-0.39, 0.29) is 31.3 Å². The predicted octanol–water partition coefficient (Wildman–Crippen LogP) is 2.42. The minimum absolute atomic E-state index is 0.0951. The average molecular weight is 464 g/mol. The lowest BCUT2D eigenvalue weighted by Gasteiger charge is -2.45. The Kier molecular flexibility index (Phi) is 8.47. The van der Waals surface area contributed by atoms with Gasteiger partial charge in [0, 0.05) is 26.2 Å². The van der Waals surface area contributed by atoms with E-state index in [1.54, 1.807) is 19.3 Å². The second kappa shape index (κ2) is 10.9. The number of carbonyl (C=O) groups is 2. The third-order valence-electron chi connectivity index (χ3n) is 6.90. The van der Waals surface area contributed by atoms with Crippen LogP contribution in [0.5, 0.6) is 0 Å². The van der Waals surface area contributed by atoms with Crippen molar-refractivity contribution < 1.29 is 29.2 Å². The maximum atomic E-state index is 13.7. The number of hydroxylamine groups is 6. The van der Waals surface area contributed by atoms with E-state index in [2.05, 4.69) is 0 Å². The Labute approximate surface area is 196 Å². The summed E-state index contributed by atoms with van der Waals surface area (Å²) in [5.41, 5.74) is 2.66. The van der Waals surface area contributed by atoms with Gasteiger partial charge in [-0.1, -0.05) is 17.7 Å². The van der Waals surface area contributed by atoms with Gasteiger partial charge in [-0.05, 0) is 63.1 Å². The zero-order valence-corrected chi connectivity index (χ0v) is 20.4. The van der Waals surface area contributed by atoms with E-state index in [0.717, 1.165) is 22.3 Å². The van der Waals surface area contributed by atoms with Crippen LogP contribution in [0.4, 0.5) is 0 Å². The van der Waals surface area contributed by atoms with E-state index in [4.69, 9.17) is 14.5 Å². The molecule has 0 saturated carbocycles. The topological polar surface area (TPSA) is 91.8 Å². The van der Waals surface area contributed by atoms with Crippen molar-refractivity contribution in [1.29, 1.82) is 0 Å². The Morgan fingerprint density at radius 2 is 1.52 bits per heavy atom. The first-order valence-electron chi connectivity index (χ1n) is 11.6. The fourth-order valence-electron chi connectivity index (χ4n) is 4.92. The van der Waals surface area contributed by atoms with Crippen LogP contribution in [0, 0.1) is 20.8 Å². The van der Waals surface area contributed by atoms with E-state index in [9.17, 15) is 14.7 Å². The van der Waals surface area contributed by atoms with Crippen LogP contribution in [0.1, 0.15) is 47.9 Å². The molecule has 9 nitrogen and oxygen atoms in total. The van der Waals surface area contributed by atoms with Gasteiger partial charge in [0.15, 0.2) is 5.54 Å². The average Bonchev–Trinajstić information content (AvgIpc) is 2.80. The van der Waals surface area contributed by atoms with Crippen molar-refractivity contribution >= 4 is 11.9 Å². The number of carboxylic acids is 1. The van der Waals surface area contributed by atoms with Crippen LogP contribution in [-0.2, 0) is 30.5 Å². The Hall–Kier alpha value is -2.04. The summed E-state index contributed by atoms with van der Waals surface area (Å²) < 4.78 is 0. The molecule has 0 bridgehead atoms. The van der Waals surface area contributed by atoms with Crippen LogP contribution in [0.15, 0.2) is 12.1 Å². The summed E-state index contributed by atoms with van der Waals surface area (Å²) in [4.78, 5) is 43.2. The molecule has 0 spiro atoms. The zero-order chi connectivity index (χ0) is 24.2. The Bertz CT molecular complexity index is 822. The van der Waals surface area contributed by atoms with E-state index in [1.807, 2.05) is 38.0 Å². The fourth-order valence-corrected chi connectivity index (χ4v) is 4.92. The number of aryl methyl sites for hydroxylation is 3. The number of aliphatic carboxylic acids is 1. The standard InChI is InChI=1S/C24H37N3O6/c1-17-14-18(2)21(19(3)15-17)16-22(28)27(33-20-6-10-25(31-4)11-7-20)24(23(29)30)8-12-26(32-5)13-9-24/h14-15,20H,6-13,16H2,1-5H3,(H,29,30). The molecule has 3 rings (SSSR count). The maximum absolute atomic E-state index is 13.7. The number of piperidine rings is 2. The molecule has 1 aromatic carbocycles. The zero-order valence-electron chi connectivity index (χ0n) is 20.4. The molecule has 2 aliphatic heterocycles. The molecular weight excluding hydrogens is 426 g/mol. The highest BCUT2D eigenvalue weighted by Gasteiger charge is 2.51. The van der Waals surface area contributed by atoms with E-state index < -0.39 is 11.5 Å². The van der Waals surface area contributed by atoms with Crippen LogP contribution < -0.4 is 0 Å². The summed E-state index contributed by atoms with van der Waals surface area (Å²) in [6.07, 6.45) is 1.60. The summed E-state index contributed by atoms with van der Waals surface area (Å²) in [5, 5.41) is 15.1. The second-order valence-corrected chi connectivity index (χ2v) is 9.11. The number of amides is 1. The van der Waals surface area contributed by atoms with Crippen LogP contribution in [0.3, 0.4) is 0 Å². The fraction of sp³-hybridized carbons (Fsp3) is 0.667. The summed E-state index contributed by atoms with van der Waals surface area (Å²) in [6, 6.07) is 4.09. The first kappa shape index (κ1) is 25.6. The van der Waals surface area contributed by atoms with E-state index in [0.29, 0.717) is 39.0 Å². The van der Waals surface area contributed by atoms with Crippen molar-refractivity contribution in [2.24, 2.45) is 0 Å². The molecule has 0 aromatic heterocycles. The van der Waals surface area contributed by atoms with Gasteiger partial charge in [-0.2, -0.15) is 10.1 Å². The molecule has 2 fully saturated rings. The van der Waals surface area contributed by atoms with E-state index in [1.165, 1.54) is 5.06 Å². The third kappa shape index (κ3) is 5.73. The first-order chi connectivity index (χ1) is 15.7. The number of nitrogens with zero attached hydrogens (tertiary/aromatic N) is 3. The summed E-state index contributed by atoms with van der Waals surface area (Å²) in [5.74, 6) is -1.37. The largest absolute Gasteiger partial charge is 0.479 e. The number of carbonyl (C=O) groups excluding carboxylic acids is 1. The molecule has 0 unspecified atom stereocenters. The van der Waals surface area contributed by atoms with Gasteiger partial charge in [0.1, 0.15) is 0 Å². The number of hydrogen-bond donors (Lipinski definition) is 1. The van der Waals surface area contributed by atoms with Crippen molar-refractivity contribution in [3.63, 3.8) is 0 Å². The monoisotopic (exact) mass is 463 g/mol. The number of carboxylic acid groups (broad SMARTS) is 1. The minimum Gasteiger partial charge on any atom is -0.479 e. The summed E-state index contributed by atoms with van der Waals surface area (Å²) in [7, 11) is 3.20. The Morgan fingerprint density at radius 3 is 2.00 bits per heavy atom. The molecule has 0 atom stereocenters. The van der Waals surface area contributed by atoms with Crippen LogP contribution in [-0.4, -0.2) is 84.2 Å². The van der Waals surface area contributed by atoms with Crippen molar-refractivity contribution in [3.05, 3.63) is 34.4 Å². The molecule has 1 aromatic rings. The first-order valence-corrected chi connectivity index (χ1v) is 11.6. The summed E-state index contributed by atoms with van der Waals surface area (Å²) in [6.45, 7) is 8.13. The van der Waals surface area contributed by atoms with Gasteiger partial charge < -0.3 is 14.8 Å². The van der Waals surface area contributed by atoms with Gasteiger partial charge in [0.25, 0.3) is 5.91 Å². The van der Waals surface area contributed by atoms with Gasteiger partial charge in [-0.3, -0.25) is 9.63 Å².